The van der Waals surface area contributed by atoms with Gasteiger partial charge in [0, 0.05) is 16.6 Å². The number of hydrogen-bond acceptors (Lipinski definition) is 3. The number of hydrogen-bond donors (Lipinski definition) is 1. The van der Waals surface area contributed by atoms with Gasteiger partial charge in [0.2, 0.25) is 0 Å². The molecule has 0 bridgehead atoms. The Morgan fingerprint density at radius 3 is 3.00 bits per heavy atom. The maximum atomic E-state index is 13.8. The Balaban J connectivity index is 2.43. The lowest BCUT2D eigenvalue weighted by Crippen LogP contribution is -2.29. The van der Waals surface area contributed by atoms with Crippen LogP contribution in [0.25, 0.3) is 0 Å². The normalized spacial score (nSPS) is 25.3. The Morgan fingerprint density at radius 1 is 1.56 bits per heavy atom. The lowest BCUT2D eigenvalue weighted by molar-refractivity contribution is 0.551. The molecule has 2 rings (SSSR count). The van der Waals surface area contributed by atoms with Crippen molar-refractivity contribution in [3.8, 4) is 0 Å². The Labute approximate surface area is 107 Å². The highest BCUT2D eigenvalue weighted by atomic mass is 79.9. The molecule has 2 N–H and O–H groups in total. The standard InChI is InChI=1S/C11H12BrFN2S/c1-11(4-5-15-10(14)16-11)8-6-7(12)2-3-9(8)13/h2-3,6H,4-5H2,1H3,(H2,14,15)/t11-/m0/s1. The molecule has 2 nitrogen and oxygen atoms in total. The fraction of sp³-hybridized carbons (Fsp3) is 0.364. The van der Waals surface area contributed by atoms with Gasteiger partial charge in [-0.05, 0) is 31.5 Å². The van der Waals surface area contributed by atoms with Gasteiger partial charge in [-0.2, -0.15) is 0 Å². The lowest BCUT2D eigenvalue weighted by Gasteiger charge is -2.31. The molecule has 1 aliphatic heterocycles. The first-order valence-corrected chi connectivity index (χ1v) is 6.57. The van der Waals surface area contributed by atoms with Crippen molar-refractivity contribution in [1.82, 2.24) is 0 Å². The van der Waals surface area contributed by atoms with Gasteiger partial charge in [0.25, 0.3) is 0 Å². The summed E-state index contributed by atoms with van der Waals surface area (Å²) in [4.78, 5) is 4.13. The van der Waals surface area contributed by atoms with Gasteiger partial charge in [-0.3, -0.25) is 4.99 Å². The van der Waals surface area contributed by atoms with Crippen LogP contribution in [0.5, 0.6) is 0 Å². The van der Waals surface area contributed by atoms with E-state index in [0.29, 0.717) is 17.3 Å². The van der Waals surface area contributed by atoms with Crippen LogP contribution in [0.4, 0.5) is 4.39 Å². The molecule has 0 spiro atoms. The number of rotatable bonds is 1. The summed E-state index contributed by atoms with van der Waals surface area (Å²) >= 11 is 4.80. The van der Waals surface area contributed by atoms with E-state index in [1.807, 2.05) is 13.0 Å². The minimum atomic E-state index is -0.320. The van der Waals surface area contributed by atoms with Crippen LogP contribution < -0.4 is 5.73 Å². The monoisotopic (exact) mass is 302 g/mol. The average Bonchev–Trinajstić information content (AvgIpc) is 2.21. The van der Waals surface area contributed by atoms with E-state index >= 15 is 0 Å². The fourth-order valence-corrected chi connectivity index (χ4v) is 3.22. The van der Waals surface area contributed by atoms with Crippen molar-refractivity contribution in [2.45, 2.75) is 18.1 Å². The molecule has 5 heteroatoms. The molecule has 86 valence electrons. The molecular weight excluding hydrogens is 291 g/mol. The van der Waals surface area contributed by atoms with E-state index < -0.39 is 0 Å². The average molecular weight is 303 g/mol. The number of halogens is 2. The molecule has 1 aromatic rings. The summed E-state index contributed by atoms with van der Waals surface area (Å²) < 4.78 is 14.4. The second-order valence-corrected chi connectivity index (χ2v) is 6.37. The van der Waals surface area contributed by atoms with E-state index in [0.717, 1.165) is 10.9 Å². The number of amidine groups is 1. The van der Waals surface area contributed by atoms with Crippen LogP contribution >= 0.6 is 27.7 Å². The molecule has 0 aromatic heterocycles. The maximum absolute atomic E-state index is 13.8. The smallest absolute Gasteiger partial charge is 0.154 e. The molecule has 1 aromatic carbocycles. The molecule has 16 heavy (non-hydrogen) atoms. The Hall–Kier alpha value is -0.550. The zero-order valence-corrected chi connectivity index (χ0v) is 11.2. The first kappa shape index (κ1) is 11.9. The highest BCUT2D eigenvalue weighted by Gasteiger charge is 2.33. The van der Waals surface area contributed by atoms with Crippen molar-refractivity contribution in [3.63, 3.8) is 0 Å². The van der Waals surface area contributed by atoms with Crippen LogP contribution in [-0.2, 0) is 4.75 Å². The van der Waals surface area contributed by atoms with E-state index in [2.05, 4.69) is 20.9 Å². The fourth-order valence-electron chi connectivity index (χ4n) is 1.79. The SMILES string of the molecule is C[C@@]1(c2cc(Br)ccc2F)CCN=C(N)S1. The van der Waals surface area contributed by atoms with Gasteiger partial charge in [-0.15, -0.1) is 0 Å². The molecule has 0 radical (unpaired) electrons. The molecule has 0 unspecified atom stereocenters. The van der Waals surface area contributed by atoms with Gasteiger partial charge in [0.05, 0.1) is 4.75 Å². The van der Waals surface area contributed by atoms with E-state index in [9.17, 15) is 4.39 Å². The number of nitrogens with two attached hydrogens (primary N) is 1. The minimum Gasteiger partial charge on any atom is -0.379 e. The third kappa shape index (κ3) is 2.25. The Bertz CT molecular complexity index is 450. The van der Waals surface area contributed by atoms with Crippen molar-refractivity contribution in [2.24, 2.45) is 10.7 Å². The molecule has 0 saturated heterocycles. The second kappa shape index (κ2) is 4.37. The molecule has 1 atom stereocenters. The van der Waals surface area contributed by atoms with E-state index in [1.165, 1.54) is 17.8 Å². The Kier molecular flexibility index (Phi) is 3.26. The largest absolute Gasteiger partial charge is 0.379 e. The summed E-state index contributed by atoms with van der Waals surface area (Å²) in [7, 11) is 0. The topological polar surface area (TPSA) is 38.4 Å². The van der Waals surface area contributed by atoms with Crippen molar-refractivity contribution in [3.05, 3.63) is 34.1 Å². The van der Waals surface area contributed by atoms with Gasteiger partial charge < -0.3 is 5.73 Å². The zero-order valence-electron chi connectivity index (χ0n) is 8.84. The second-order valence-electron chi connectivity index (χ2n) is 3.93. The van der Waals surface area contributed by atoms with Crippen LogP contribution in [0, 0.1) is 5.82 Å². The van der Waals surface area contributed by atoms with Crippen LogP contribution in [0.3, 0.4) is 0 Å². The van der Waals surface area contributed by atoms with Gasteiger partial charge in [-0.1, -0.05) is 27.7 Å². The number of nitrogens with zero attached hydrogens (tertiary/aromatic N) is 1. The summed E-state index contributed by atoms with van der Waals surface area (Å²) in [5.41, 5.74) is 6.40. The summed E-state index contributed by atoms with van der Waals surface area (Å²) in [5.74, 6) is -0.187. The number of benzene rings is 1. The van der Waals surface area contributed by atoms with Crippen molar-refractivity contribution >= 4 is 32.9 Å². The number of thioether (sulfide) groups is 1. The first-order chi connectivity index (χ1) is 7.51. The predicted octanol–water partition coefficient (Wildman–Crippen LogP) is 3.26. The van der Waals surface area contributed by atoms with Gasteiger partial charge in [0.15, 0.2) is 5.17 Å². The summed E-state index contributed by atoms with van der Waals surface area (Å²) in [6, 6.07) is 5.00. The van der Waals surface area contributed by atoms with Crippen LogP contribution in [0.15, 0.2) is 27.7 Å². The van der Waals surface area contributed by atoms with Crippen LogP contribution in [0.1, 0.15) is 18.9 Å². The van der Waals surface area contributed by atoms with Crippen molar-refractivity contribution in [1.29, 1.82) is 0 Å². The van der Waals surface area contributed by atoms with E-state index in [-0.39, 0.29) is 10.6 Å². The summed E-state index contributed by atoms with van der Waals surface area (Å²) in [6.07, 6.45) is 0.797. The lowest BCUT2D eigenvalue weighted by atomic mass is 9.96. The van der Waals surface area contributed by atoms with Crippen molar-refractivity contribution < 1.29 is 4.39 Å². The molecule has 0 fully saturated rings. The predicted molar refractivity (Wildman–Crippen MR) is 70.1 cm³/mol. The number of aliphatic imine (C=N–C) groups is 1. The maximum Gasteiger partial charge on any atom is 0.154 e. The molecular formula is C11H12BrFN2S. The summed E-state index contributed by atoms with van der Waals surface area (Å²) in [6.45, 7) is 2.66. The van der Waals surface area contributed by atoms with Crippen molar-refractivity contribution in [2.75, 3.05) is 6.54 Å². The van der Waals surface area contributed by atoms with E-state index in [1.54, 1.807) is 6.07 Å². The zero-order chi connectivity index (χ0) is 11.8. The van der Waals surface area contributed by atoms with Crippen LogP contribution in [-0.4, -0.2) is 11.7 Å². The Morgan fingerprint density at radius 2 is 2.31 bits per heavy atom. The van der Waals surface area contributed by atoms with Gasteiger partial charge in [0.1, 0.15) is 5.82 Å². The highest BCUT2D eigenvalue weighted by Crippen LogP contribution is 2.43. The minimum absolute atomic E-state index is 0.187. The highest BCUT2D eigenvalue weighted by molar-refractivity contribution is 9.10. The molecule has 1 heterocycles. The van der Waals surface area contributed by atoms with Gasteiger partial charge >= 0.3 is 0 Å². The molecule has 0 amide bonds. The summed E-state index contributed by atoms with van der Waals surface area (Å²) in [5, 5.41) is 0.535. The first-order valence-electron chi connectivity index (χ1n) is 4.96. The quantitative estimate of drug-likeness (QED) is 0.865. The molecule has 0 aliphatic carbocycles. The molecule has 0 saturated carbocycles. The molecule has 1 aliphatic rings. The third-order valence-electron chi connectivity index (χ3n) is 2.68. The van der Waals surface area contributed by atoms with E-state index in [4.69, 9.17) is 5.73 Å². The van der Waals surface area contributed by atoms with Gasteiger partial charge in [-0.25, -0.2) is 4.39 Å². The van der Waals surface area contributed by atoms with Crippen LogP contribution in [0.2, 0.25) is 0 Å². The third-order valence-corrected chi connectivity index (χ3v) is 4.39.